The summed E-state index contributed by atoms with van der Waals surface area (Å²) in [6.07, 6.45) is 0. The molecule has 0 bridgehead atoms. The van der Waals surface area contributed by atoms with E-state index in [1.54, 1.807) is 24.3 Å². The molecule has 4 nitrogen and oxygen atoms in total. The Morgan fingerprint density at radius 1 is 1.05 bits per heavy atom. The van der Waals surface area contributed by atoms with Gasteiger partial charge in [0.05, 0.1) is 11.0 Å². The van der Waals surface area contributed by atoms with Crippen molar-refractivity contribution >= 4 is 28.5 Å². The lowest BCUT2D eigenvalue weighted by molar-refractivity contribution is 1.02. The molecule has 1 aromatic heterocycles. The van der Waals surface area contributed by atoms with Gasteiger partial charge in [-0.3, -0.25) is 9.36 Å². The van der Waals surface area contributed by atoms with Crippen LogP contribution in [0.4, 0.5) is 5.82 Å². The molecule has 0 radical (unpaired) electrons. The van der Waals surface area contributed by atoms with Gasteiger partial charge in [0.25, 0.3) is 5.56 Å². The van der Waals surface area contributed by atoms with E-state index in [-0.39, 0.29) is 11.4 Å². The Morgan fingerprint density at radius 3 is 2.47 bits per heavy atom. The number of hydrogen-bond acceptors (Lipinski definition) is 3. The first-order valence-corrected chi connectivity index (χ1v) is 6.08. The first-order chi connectivity index (χ1) is 9.16. The van der Waals surface area contributed by atoms with Crippen LogP contribution in [0, 0.1) is 0 Å². The van der Waals surface area contributed by atoms with Crippen molar-refractivity contribution in [3.63, 3.8) is 0 Å². The smallest absolute Gasteiger partial charge is 0.298 e. The maximum atomic E-state index is 12.2. The van der Waals surface area contributed by atoms with Crippen LogP contribution in [0.25, 0.3) is 16.7 Å². The van der Waals surface area contributed by atoms with E-state index in [0.717, 1.165) is 0 Å². The van der Waals surface area contributed by atoms with E-state index in [2.05, 4.69) is 4.98 Å². The number of benzene rings is 2. The Bertz CT molecular complexity index is 809. The summed E-state index contributed by atoms with van der Waals surface area (Å²) in [4.78, 5) is 16.3. The molecular formula is C14H10ClN3O. The van der Waals surface area contributed by atoms with E-state index in [1.807, 2.05) is 24.3 Å². The number of halogens is 1. The number of hydrogen-bond donors (Lipinski definition) is 1. The molecule has 3 rings (SSSR count). The molecule has 0 saturated heterocycles. The summed E-state index contributed by atoms with van der Waals surface area (Å²) in [5.74, 6) is -0.0198. The van der Waals surface area contributed by atoms with Gasteiger partial charge in [0.2, 0.25) is 0 Å². The highest BCUT2D eigenvalue weighted by Gasteiger charge is 2.09. The molecule has 0 fully saturated rings. The van der Waals surface area contributed by atoms with Crippen molar-refractivity contribution in [3.8, 4) is 5.69 Å². The van der Waals surface area contributed by atoms with E-state index >= 15 is 0 Å². The minimum atomic E-state index is -0.332. The average molecular weight is 272 g/mol. The zero-order chi connectivity index (χ0) is 13.4. The van der Waals surface area contributed by atoms with Crippen LogP contribution in [0.5, 0.6) is 0 Å². The first kappa shape index (κ1) is 11.7. The monoisotopic (exact) mass is 271 g/mol. The molecule has 5 heteroatoms. The quantitative estimate of drug-likeness (QED) is 0.740. The van der Waals surface area contributed by atoms with Gasteiger partial charge in [0.1, 0.15) is 0 Å². The number of rotatable bonds is 1. The lowest BCUT2D eigenvalue weighted by atomic mass is 10.2. The van der Waals surface area contributed by atoms with Crippen LogP contribution in [-0.2, 0) is 0 Å². The minimum absolute atomic E-state index is 0.0198. The largest absolute Gasteiger partial charge is 0.379 e. The van der Waals surface area contributed by atoms with Gasteiger partial charge in [-0.1, -0.05) is 23.7 Å². The molecule has 0 spiro atoms. The van der Waals surface area contributed by atoms with Crippen molar-refractivity contribution in [1.82, 2.24) is 9.55 Å². The van der Waals surface area contributed by atoms with Gasteiger partial charge < -0.3 is 5.73 Å². The fourth-order valence-electron chi connectivity index (χ4n) is 2.00. The molecule has 0 unspecified atom stereocenters. The zero-order valence-electron chi connectivity index (χ0n) is 9.88. The van der Waals surface area contributed by atoms with E-state index in [9.17, 15) is 4.79 Å². The van der Waals surface area contributed by atoms with Crippen LogP contribution in [0.3, 0.4) is 0 Å². The maximum Gasteiger partial charge on any atom is 0.298 e. The topological polar surface area (TPSA) is 60.9 Å². The van der Waals surface area contributed by atoms with Gasteiger partial charge in [-0.05, 0) is 36.4 Å². The van der Waals surface area contributed by atoms with Crippen LogP contribution in [-0.4, -0.2) is 9.55 Å². The standard InChI is InChI=1S/C14H10ClN3O/c15-9-5-7-10(8-6-9)18-12-4-2-1-3-11(12)17-13(16)14(18)19/h1-8H,(H2,16,17). The number of anilines is 1. The molecule has 2 N–H and O–H groups in total. The number of nitrogens with two attached hydrogens (primary N) is 1. The third-order valence-corrected chi connectivity index (χ3v) is 3.12. The molecule has 0 aliphatic rings. The van der Waals surface area contributed by atoms with Crippen molar-refractivity contribution in [2.75, 3.05) is 5.73 Å². The highest BCUT2D eigenvalue weighted by Crippen LogP contribution is 2.17. The van der Waals surface area contributed by atoms with Crippen LogP contribution in [0.1, 0.15) is 0 Å². The van der Waals surface area contributed by atoms with E-state index in [1.165, 1.54) is 4.57 Å². The molecule has 94 valence electrons. The molecule has 0 aliphatic carbocycles. The predicted octanol–water partition coefficient (Wildman–Crippen LogP) is 2.62. The molecular weight excluding hydrogens is 262 g/mol. The predicted molar refractivity (Wildman–Crippen MR) is 76.8 cm³/mol. The van der Waals surface area contributed by atoms with E-state index < -0.39 is 0 Å². The number of nitrogens with zero attached hydrogens (tertiary/aromatic N) is 2. The van der Waals surface area contributed by atoms with Crippen molar-refractivity contribution < 1.29 is 0 Å². The van der Waals surface area contributed by atoms with E-state index in [0.29, 0.717) is 21.7 Å². The van der Waals surface area contributed by atoms with Gasteiger partial charge in [-0.2, -0.15) is 0 Å². The highest BCUT2D eigenvalue weighted by atomic mass is 35.5. The van der Waals surface area contributed by atoms with Crippen LogP contribution in [0.15, 0.2) is 53.3 Å². The van der Waals surface area contributed by atoms with Crippen LogP contribution >= 0.6 is 11.6 Å². The molecule has 19 heavy (non-hydrogen) atoms. The average Bonchev–Trinajstić information content (AvgIpc) is 2.42. The summed E-state index contributed by atoms with van der Waals surface area (Å²) in [5.41, 5.74) is 7.45. The Labute approximate surface area is 114 Å². The van der Waals surface area contributed by atoms with Gasteiger partial charge in [-0.25, -0.2) is 4.98 Å². The van der Waals surface area contributed by atoms with Crippen molar-refractivity contribution in [1.29, 1.82) is 0 Å². The lowest BCUT2D eigenvalue weighted by Gasteiger charge is -2.10. The molecule has 0 atom stereocenters. The Balaban J connectivity index is 2.42. The van der Waals surface area contributed by atoms with Crippen molar-refractivity contribution in [2.45, 2.75) is 0 Å². The summed E-state index contributed by atoms with van der Waals surface area (Å²) in [6, 6.07) is 14.4. The molecule has 0 saturated carbocycles. The fourth-order valence-corrected chi connectivity index (χ4v) is 2.12. The summed E-state index contributed by atoms with van der Waals surface area (Å²) in [6.45, 7) is 0. The zero-order valence-corrected chi connectivity index (χ0v) is 10.6. The van der Waals surface area contributed by atoms with Crippen molar-refractivity contribution in [2.24, 2.45) is 0 Å². The SMILES string of the molecule is Nc1nc2ccccc2n(-c2ccc(Cl)cc2)c1=O. The van der Waals surface area contributed by atoms with Crippen LogP contribution < -0.4 is 11.3 Å². The molecule has 3 aromatic rings. The van der Waals surface area contributed by atoms with Gasteiger partial charge >= 0.3 is 0 Å². The third kappa shape index (κ3) is 1.96. The fraction of sp³-hybridized carbons (Fsp3) is 0. The molecule has 0 amide bonds. The Morgan fingerprint density at radius 2 is 1.74 bits per heavy atom. The first-order valence-electron chi connectivity index (χ1n) is 5.70. The molecule has 1 heterocycles. The summed E-state index contributed by atoms with van der Waals surface area (Å²) in [5, 5.41) is 0.614. The maximum absolute atomic E-state index is 12.2. The highest BCUT2D eigenvalue weighted by molar-refractivity contribution is 6.30. The number of fused-ring (bicyclic) bond motifs is 1. The summed E-state index contributed by atoms with van der Waals surface area (Å²) in [7, 11) is 0. The third-order valence-electron chi connectivity index (χ3n) is 2.87. The Kier molecular flexibility index (Phi) is 2.72. The summed E-state index contributed by atoms with van der Waals surface area (Å²) >= 11 is 5.86. The van der Waals surface area contributed by atoms with E-state index in [4.69, 9.17) is 17.3 Å². The van der Waals surface area contributed by atoms with Gasteiger partial charge in [-0.15, -0.1) is 0 Å². The second-order valence-corrected chi connectivity index (χ2v) is 4.54. The number of aromatic nitrogens is 2. The normalized spacial score (nSPS) is 10.8. The molecule has 0 aliphatic heterocycles. The Hall–Kier alpha value is -2.33. The van der Waals surface area contributed by atoms with Crippen molar-refractivity contribution in [3.05, 3.63) is 63.9 Å². The molecule has 2 aromatic carbocycles. The minimum Gasteiger partial charge on any atom is -0.379 e. The summed E-state index contributed by atoms with van der Waals surface area (Å²) < 4.78 is 1.54. The number of nitrogen functional groups attached to an aromatic ring is 1. The second kappa shape index (κ2) is 4.40. The van der Waals surface area contributed by atoms with Gasteiger partial charge in [0.15, 0.2) is 5.82 Å². The second-order valence-electron chi connectivity index (χ2n) is 4.10. The van der Waals surface area contributed by atoms with Gasteiger partial charge in [0, 0.05) is 10.7 Å². The van der Waals surface area contributed by atoms with Crippen LogP contribution in [0.2, 0.25) is 5.02 Å². The number of para-hydroxylation sites is 2. The lowest BCUT2D eigenvalue weighted by Crippen LogP contribution is -2.23.